The number of hydrogen-bond donors (Lipinski definition) is 0. The number of benzene rings is 1. The molecule has 0 bridgehead atoms. The second-order valence-corrected chi connectivity index (χ2v) is 4.76. The molecule has 1 aromatic heterocycles. The Morgan fingerprint density at radius 2 is 2.33 bits per heavy atom. The summed E-state index contributed by atoms with van der Waals surface area (Å²) >= 11 is 0. The SMILES string of the molecule is CCc1cc2ncn(C3CCCCO3)c2cc1F. The highest BCUT2D eigenvalue weighted by Crippen LogP contribution is 2.27. The van der Waals surface area contributed by atoms with Crippen molar-refractivity contribution >= 4 is 11.0 Å². The Labute approximate surface area is 106 Å². The van der Waals surface area contributed by atoms with E-state index in [0.29, 0.717) is 6.42 Å². The van der Waals surface area contributed by atoms with Gasteiger partial charge in [-0.05, 0) is 37.3 Å². The highest BCUT2D eigenvalue weighted by atomic mass is 19.1. The first kappa shape index (κ1) is 11.7. The van der Waals surface area contributed by atoms with Crippen molar-refractivity contribution in [3.63, 3.8) is 0 Å². The van der Waals surface area contributed by atoms with E-state index in [-0.39, 0.29) is 12.0 Å². The summed E-state index contributed by atoms with van der Waals surface area (Å²) in [5, 5.41) is 0. The highest BCUT2D eigenvalue weighted by molar-refractivity contribution is 5.76. The van der Waals surface area contributed by atoms with Gasteiger partial charge in [0.05, 0.1) is 17.4 Å². The van der Waals surface area contributed by atoms with Crippen molar-refractivity contribution in [2.45, 2.75) is 38.8 Å². The number of halogens is 1. The predicted molar refractivity (Wildman–Crippen MR) is 67.9 cm³/mol. The zero-order valence-electron chi connectivity index (χ0n) is 10.5. The van der Waals surface area contributed by atoms with E-state index in [2.05, 4.69) is 4.98 Å². The van der Waals surface area contributed by atoms with Crippen LogP contribution in [0.1, 0.15) is 38.0 Å². The Bertz CT molecular complexity index is 558. The molecule has 18 heavy (non-hydrogen) atoms. The van der Waals surface area contributed by atoms with Crippen LogP contribution in [0.3, 0.4) is 0 Å². The van der Waals surface area contributed by atoms with E-state index < -0.39 is 0 Å². The average molecular weight is 248 g/mol. The van der Waals surface area contributed by atoms with E-state index in [1.165, 1.54) is 0 Å². The fraction of sp³-hybridized carbons (Fsp3) is 0.500. The number of rotatable bonds is 2. The van der Waals surface area contributed by atoms with Gasteiger partial charge in [0.15, 0.2) is 0 Å². The van der Waals surface area contributed by atoms with E-state index in [4.69, 9.17) is 4.74 Å². The summed E-state index contributed by atoms with van der Waals surface area (Å²) in [5.74, 6) is -0.150. The zero-order chi connectivity index (χ0) is 12.5. The molecule has 2 aromatic rings. The molecule has 1 saturated heterocycles. The molecular weight excluding hydrogens is 231 g/mol. The van der Waals surface area contributed by atoms with Gasteiger partial charge in [0, 0.05) is 12.7 Å². The minimum absolute atomic E-state index is 0.00984. The topological polar surface area (TPSA) is 27.1 Å². The van der Waals surface area contributed by atoms with Crippen LogP contribution in [-0.4, -0.2) is 16.2 Å². The fourth-order valence-corrected chi connectivity index (χ4v) is 2.53. The number of nitrogens with zero attached hydrogens (tertiary/aromatic N) is 2. The lowest BCUT2D eigenvalue weighted by Gasteiger charge is -2.24. The predicted octanol–water partition coefficient (Wildman–Crippen LogP) is 3.44. The van der Waals surface area contributed by atoms with Crippen molar-refractivity contribution in [1.82, 2.24) is 9.55 Å². The molecule has 1 aliphatic heterocycles. The highest BCUT2D eigenvalue weighted by Gasteiger charge is 2.18. The van der Waals surface area contributed by atoms with Gasteiger partial charge in [-0.25, -0.2) is 9.37 Å². The number of aryl methyl sites for hydroxylation is 1. The molecule has 0 N–H and O–H groups in total. The van der Waals surface area contributed by atoms with Crippen molar-refractivity contribution in [1.29, 1.82) is 0 Å². The Hall–Kier alpha value is -1.42. The molecule has 2 heterocycles. The Morgan fingerprint density at radius 1 is 1.44 bits per heavy atom. The molecule has 1 fully saturated rings. The second-order valence-electron chi connectivity index (χ2n) is 4.76. The van der Waals surface area contributed by atoms with Gasteiger partial charge >= 0.3 is 0 Å². The number of ether oxygens (including phenoxy) is 1. The van der Waals surface area contributed by atoms with E-state index in [1.54, 1.807) is 12.4 Å². The van der Waals surface area contributed by atoms with Crippen LogP contribution in [0, 0.1) is 5.82 Å². The molecule has 3 nitrogen and oxygen atoms in total. The quantitative estimate of drug-likeness (QED) is 0.814. The number of imidazole rings is 1. The van der Waals surface area contributed by atoms with Crippen LogP contribution in [0.4, 0.5) is 4.39 Å². The summed E-state index contributed by atoms with van der Waals surface area (Å²) in [6, 6.07) is 3.42. The summed E-state index contributed by atoms with van der Waals surface area (Å²) in [5.41, 5.74) is 2.40. The zero-order valence-corrected chi connectivity index (χ0v) is 10.5. The molecule has 0 saturated carbocycles. The molecule has 0 spiro atoms. The van der Waals surface area contributed by atoms with Crippen LogP contribution in [-0.2, 0) is 11.2 Å². The molecule has 0 radical (unpaired) electrons. The molecule has 0 aliphatic carbocycles. The molecule has 3 rings (SSSR count). The van der Waals surface area contributed by atoms with Crippen molar-refractivity contribution in [3.05, 3.63) is 29.8 Å². The summed E-state index contributed by atoms with van der Waals surface area (Å²) in [7, 11) is 0. The lowest BCUT2D eigenvalue weighted by atomic mass is 10.1. The summed E-state index contributed by atoms with van der Waals surface area (Å²) in [4.78, 5) is 4.36. The third-order valence-electron chi connectivity index (χ3n) is 3.59. The van der Waals surface area contributed by atoms with Gasteiger partial charge in [-0.3, -0.25) is 0 Å². The van der Waals surface area contributed by atoms with Gasteiger partial charge in [-0.15, -0.1) is 0 Å². The van der Waals surface area contributed by atoms with Crippen LogP contribution in [0.5, 0.6) is 0 Å². The normalized spacial score (nSPS) is 20.4. The van der Waals surface area contributed by atoms with E-state index >= 15 is 0 Å². The van der Waals surface area contributed by atoms with Crippen LogP contribution in [0.15, 0.2) is 18.5 Å². The molecule has 1 aliphatic rings. The standard InChI is InChI=1S/C14H17FN2O/c1-2-10-7-12-13(8-11(10)15)17(9-16-12)14-5-3-4-6-18-14/h7-9,14H,2-6H2,1H3. The van der Waals surface area contributed by atoms with Crippen molar-refractivity contribution in [3.8, 4) is 0 Å². The van der Waals surface area contributed by atoms with Gasteiger partial charge in [0.1, 0.15) is 12.0 Å². The Morgan fingerprint density at radius 3 is 3.06 bits per heavy atom. The van der Waals surface area contributed by atoms with Gasteiger partial charge in [-0.2, -0.15) is 0 Å². The molecule has 1 atom stereocenters. The average Bonchev–Trinajstić information content (AvgIpc) is 2.81. The smallest absolute Gasteiger partial charge is 0.135 e. The molecule has 96 valence electrons. The van der Waals surface area contributed by atoms with Gasteiger partial charge in [-0.1, -0.05) is 6.92 Å². The Kier molecular flexibility index (Phi) is 3.04. The summed E-state index contributed by atoms with van der Waals surface area (Å²) < 4.78 is 21.5. The van der Waals surface area contributed by atoms with E-state index in [1.807, 2.05) is 17.6 Å². The van der Waals surface area contributed by atoms with E-state index in [9.17, 15) is 4.39 Å². The first-order valence-corrected chi connectivity index (χ1v) is 6.56. The molecular formula is C14H17FN2O. The Balaban J connectivity index is 2.05. The van der Waals surface area contributed by atoms with E-state index in [0.717, 1.165) is 42.5 Å². The van der Waals surface area contributed by atoms with Crippen molar-refractivity contribution in [2.24, 2.45) is 0 Å². The minimum Gasteiger partial charge on any atom is -0.358 e. The van der Waals surface area contributed by atoms with Crippen molar-refractivity contribution < 1.29 is 9.13 Å². The van der Waals surface area contributed by atoms with Crippen LogP contribution in [0.25, 0.3) is 11.0 Å². The van der Waals surface area contributed by atoms with Crippen LogP contribution in [0.2, 0.25) is 0 Å². The summed E-state index contributed by atoms with van der Waals surface area (Å²) in [6.07, 6.45) is 5.70. The number of fused-ring (bicyclic) bond motifs is 1. The second kappa shape index (κ2) is 4.69. The minimum atomic E-state index is -0.150. The molecule has 4 heteroatoms. The maximum Gasteiger partial charge on any atom is 0.135 e. The first-order valence-electron chi connectivity index (χ1n) is 6.56. The van der Waals surface area contributed by atoms with Gasteiger partial charge in [0.25, 0.3) is 0 Å². The van der Waals surface area contributed by atoms with Crippen molar-refractivity contribution in [2.75, 3.05) is 6.61 Å². The third-order valence-corrected chi connectivity index (χ3v) is 3.59. The van der Waals surface area contributed by atoms with Gasteiger partial charge in [0.2, 0.25) is 0 Å². The fourth-order valence-electron chi connectivity index (χ4n) is 2.53. The molecule has 0 amide bonds. The summed E-state index contributed by atoms with van der Waals surface area (Å²) in [6.45, 7) is 2.73. The lowest BCUT2D eigenvalue weighted by Crippen LogP contribution is -2.17. The molecule has 1 aromatic carbocycles. The van der Waals surface area contributed by atoms with Crippen LogP contribution < -0.4 is 0 Å². The number of hydrogen-bond acceptors (Lipinski definition) is 2. The lowest BCUT2D eigenvalue weighted by molar-refractivity contribution is -0.0295. The largest absolute Gasteiger partial charge is 0.358 e. The number of aromatic nitrogens is 2. The monoisotopic (exact) mass is 248 g/mol. The maximum absolute atomic E-state index is 13.9. The third kappa shape index (κ3) is 1.90. The maximum atomic E-state index is 13.9. The first-order chi connectivity index (χ1) is 8.79. The van der Waals surface area contributed by atoms with Gasteiger partial charge < -0.3 is 9.30 Å². The van der Waals surface area contributed by atoms with Crippen LogP contribution >= 0.6 is 0 Å². The molecule has 1 unspecified atom stereocenters.